The molecular formula is C31H26FN5O. The number of nitrogens with zero attached hydrogens (tertiary/aromatic N) is 5. The normalized spacial score (nSPS) is 12.4. The second kappa shape index (κ2) is 9.67. The van der Waals surface area contributed by atoms with Crippen LogP contribution >= 0.6 is 0 Å². The van der Waals surface area contributed by atoms with Gasteiger partial charge in [0.2, 0.25) is 0 Å². The van der Waals surface area contributed by atoms with E-state index in [1.165, 1.54) is 12.1 Å². The molecule has 3 aromatic heterocycles. The van der Waals surface area contributed by atoms with Gasteiger partial charge in [-0.2, -0.15) is 0 Å². The lowest BCUT2D eigenvalue weighted by Gasteiger charge is -2.27. The zero-order valence-electron chi connectivity index (χ0n) is 21.1. The van der Waals surface area contributed by atoms with Gasteiger partial charge in [-0.15, -0.1) is 0 Å². The molecule has 188 valence electrons. The van der Waals surface area contributed by atoms with Crippen LogP contribution in [0, 0.1) is 11.7 Å². The van der Waals surface area contributed by atoms with Crippen LogP contribution in [0.1, 0.15) is 31.3 Å². The van der Waals surface area contributed by atoms with E-state index in [2.05, 4.69) is 48.1 Å². The minimum Gasteiger partial charge on any atom is -0.320 e. The van der Waals surface area contributed by atoms with Crippen LogP contribution in [-0.2, 0) is 6.54 Å². The molecule has 0 aliphatic rings. The van der Waals surface area contributed by atoms with Crippen LogP contribution in [0.2, 0.25) is 0 Å². The summed E-state index contributed by atoms with van der Waals surface area (Å²) in [4.78, 5) is 27.9. The summed E-state index contributed by atoms with van der Waals surface area (Å²) in [6.45, 7) is 4.56. The number of pyridine rings is 1. The van der Waals surface area contributed by atoms with E-state index in [1.54, 1.807) is 41.4 Å². The highest BCUT2D eigenvalue weighted by Gasteiger charge is 2.27. The highest BCUT2D eigenvalue weighted by molar-refractivity contribution is 5.85. The van der Waals surface area contributed by atoms with Crippen LogP contribution in [0.5, 0.6) is 0 Å². The second-order valence-electron chi connectivity index (χ2n) is 9.75. The fourth-order valence-corrected chi connectivity index (χ4v) is 5.17. The summed E-state index contributed by atoms with van der Waals surface area (Å²) < 4.78 is 17.5. The average molecular weight is 504 g/mol. The standard InChI is InChI=1S/C31H26FN5O/c1-20(2)28(36-17-16-34-29(36)22-10-12-24(32)13-11-22)30-35-27-18-33-15-14-26(27)31(38)37(30)19-23-8-5-7-21-6-3-4-9-25(21)23/h3-18,20,28H,19H2,1-2H3. The van der Waals surface area contributed by atoms with Crippen molar-refractivity contribution >= 4 is 21.7 Å². The monoisotopic (exact) mass is 503 g/mol. The number of halogens is 1. The van der Waals surface area contributed by atoms with Crippen molar-refractivity contribution in [1.29, 1.82) is 0 Å². The van der Waals surface area contributed by atoms with Crippen LogP contribution in [-0.4, -0.2) is 24.1 Å². The van der Waals surface area contributed by atoms with Crippen LogP contribution < -0.4 is 5.56 Å². The summed E-state index contributed by atoms with van der Waals surface area (Å²) in [6.07, 6.45) is 6.87. The Labute approximate surface area is 219 Å². The second-order valence-corrected chi connectivity index (χ2v) is 9.75. The SMILES string of the molecule is CC(C)C(c1nc2cnccc2c(=O)n1Cc1cccc2ccccc12)n1ccnc1-c1ccc(F)cc1. The van der Waals surface area contributed by atoms with E-state index in [0.29, 0.717) is 29.1 Å². The molecule has 6 aromatic rings. The molecule has 0 aliphatic heterocycles. The van der Waals surface area contributed by atoms with Crippen LogP contribution in [0.3, 0.4) is 0 Å². The lowest BCUT2D eigenvalue weighted by atomic mass is 10.0. The first-order chi connectivity index (χ1) is 18.5. The molecule has 6 nitrogen and oxygen atoms in total. The van der Waals surface area contributed by atoms with Gasteiger partial charge in [0.25, 0.3) is 5.56 Å². The third-order valence-corrected chi connectivity index (χ3v) is 6.96. The molecule has 0 saturated carbocycles. The largest absolute Gasteiger partial charge is 0.320 e. The van der Waals surface area contributed by atoms with E-state index < -0.39 is 0 Å². The van der Waals surface area contributed by atoms with Gasteiger partial charge in [0, 0.05) is 24.2 Å². The van der Waals surface area contributed by atoms with E-state index in [0.717, 1.165) is 21.9 Å². The highest BCUT2D eigenvalue weighted by atomic mass is 19.1. The van der Waals surface area contributed by atoms with Gasteiger partial charge < -0.3 is 4.57 Å². The Morgan fingerprint density at radius 2 is 1.68 bits per heavy atom. The molecule has 38 heavy (non-hydrogen) atoms. The Morgan fingerprint density at radius 1 is 0.895 bits per heavy atom. The molecule has 0 N–H and O–H groups in total. The molecule has 0 saturated heterocycles. The molecule has 1 unspecified atom stereocenters. The summed E-state index contributed by atoms with van der Waals surface area (Å²) in [5.41, 5.74) is 2.26. The topological polar surface area (TPSA) is 65.6 Å². The Morgan fingerprint density at radius 3 is 2.50 bits per heavy atom. The number of rotatable bonds is 6. The van der Waals surface area contributed by atoms with E-state index in [9.17, 15) is 9.18 Å². The van der Waals surface area contributed by atoms with E-state index >= 15 is 0 Å². The maximum Gasteiger partial charge on any atom is 0.261 e. The quantitative estimate of drug-likeness (QED) is 0.270. The first-order valence-electron chi connectivity index (χ1n) is 12.6. The fourth-order valence-electron chi connectivity index (χ4n) is 5.17. The molecule has 0 fully saturated rings. The Hall–Kier alpha value is -4.65. The Balaban J connectivity index is 1.58. The third-order valence-electron chi connectivity index (χ3n) is 6.96. The van der Waals surface area contributed by atoms with Gasteiger partial charge in [0.15, 0.2) is 0 Å². The first-order valence-corrected chi connectivity index (χ1v) is 12.6. The maximum atomic E-state index is 14.0. The lowest BCUT2D eigenvalue weighted by molar-refractivity contribution is 0.401. The third kappa shape index (κ3) is 4.16. The number of hydrogen-bond donors (Lipinski definition) is 0. The van der Waals surface area contributed by atoms with Crippen LogP contribution in [0.4, 0.5) is 4.39 Å². The van der Waals surface area contributed by atoms with Crippen molar-refractivity contribution in [3.63, 3.8) is 0 Å². The van der Waals surface area contributed by atoms with Crippen molar-refractivity contribution in [3.8, 4) is 11.4 Å². The van der Waals surface area contributed by atoms with Crippen molar-refractivity contribution in [3.05, 3.63) is 125 Å². The summed E-state index contributed by atoms with van der Waals surface area (Å²) in [7, 11) is 0. The van der Waals surface area contributed by atoms with Gasteiger partial charge in [-0.1, -0.05) is 56.3 Å². The molecule has 0 radical (unpaired) electrons. The minimum atomic E-state index is -0.315. The van der Waals surface area contributed by atoms with Gasteiger partial charge >= 0.3 is 0 Å². The summed E-state index contributed by atoms with van der Waals surface area (Å²) >= 11 is 0. The minimum absolute atomic E-state index is 0.0585. The Bertz CT molecular complexity index is 1820. The van der Waals surface area contributed by atoms with Crippen molar-refractivity contribution in [1.82, 2.24) is 24.1 Å². The predicted octanol–water partition coefficient (Wildman–Crippen LogP) is 6.24. The first kappa shape index (κ1) is 23.7. The number of imidazole rings is 1. The summed E-state index contributed by atoms with van der Waals surface area (Å²) in [5.74, 6) is 1.06. The molecule has 7 heteroatoms. The molecule has 3 aromatic carbocycles. The van der Waals surface area contributed by atoms with E-state index in [1.807, 2.05) is 29.0 Å². The summed E-state index contributed by atoms with van der Waals surface area (Å²) in [6, 6.07) is 22.0. The van der Waals surface area contributed by atoms with Crippen molar-refractivity contribution in [2.45, 2.75) is 26.4 Å². The number of benzene rings is 3. The molecule has 6 rings (SSSR count). The lowest BCUT2D eigenvalue weighted by Crippen LogP contribution is -2.31. The zero-order chi connectivity index (χ0) is 26.2. The molecule has 0 amide bonds. The zero-order valence-corrected chi connectivity index (χ0v) is 21.1. The van der Waals surface area contributed by atoms with Crippen molar-refractivity contribution < 1.29 is 4.39 Å². The molecule has 1 atom stereocenters. The van der Waals surface area contributed by atoms with Crippen LogP contribution in [0.15, 0.2) is 102 Å². The van der Waals surface area contributed by atoms with Gasteiger partial charge in [-0.3, -0.25) is 14.3 Å². The van der Waals surface area contributed by atoms with Crippen molar-refractivity contribution in [2.24, 2.45) is 5.92 Å². The smallest absolute Gasteiger partial charge is 0.261 e. The number of fused-ring (bicyclic) bond motifs is 2. The summed E-state index contributed by atoms with van der Waals surface area (Å²) in [5, 5.41) is 2.74. The molecule has 0 spiro atoms. The van der Waals surface area contributed by atoms with E-state index in [4.69, 9.17) is 4.98 Å². The Kier molecular flexibility index (Phi) is 6.04. The number of aromatic nitrogens is 5. The molecule has 0 bridgehead atoms. The van der Waals surface area contributed by atoms with E-state index in [-0.39, 0.29) is 23.3 Å². The molecule has 3 heterocycles. The van der Waals surface area contributed by atoms with Gasteiger partial charge in [-0.25, -0.2) is 14.4 Å². The fraction of sp³-hybridized carbons (Fsp3) is 0.161. The van der Waals surface area contributed by atoms with Gasteiger partial charge in [0.05, 0.1) is 29.7 Å². The number of hydrogen-bond acceptors (Lipinski definition) is 4. The molecular weight excluding hydrogens is 477 g/mol. The predicted molar refractivity (Wildman–Crippen MR) is 147 cm³/mol. The maximum absolute atomic E-state index is 14.0. The van der Waals surface area contributed by atoms with Gasteiger partial charge in [-0.05, 0) is 52.6 Å². The molecule has 0 aliphatic carbocycles. The van der Waals surface area contributed by atoms with Gasteiger partial charge in [0.1, 0.15) is 17.5 Å². The van der Waals surface area contributed by atoms with Crippen molar-refractivity contribution in [2.75, 3.05) is 0 Å². The average Bonchev–Trinajstić information content (AvgIpc) is 3.40. The highest BCUT2D eigenvalue weighted by Crippen LogP contribution is 2.31. The van der Waals surface area contributed by atoms with Crippen LogP contribution in [0.25, 0.3) is 33.1 Å².